The minimum atomic E-state index is -0.755. The molecule has 0 aliphatic carbocycles. The molecule has 0 spiro atoms. The molecular formula is C15H12F3NO. The Kier molecular flexibility index (Phi) is 4.08. The van der Waals surface area contributed by atoms with Crippen LogP contribution in [0.25, 0.3) is 0 Å². The zero-order valence-corrected chi connectivity index (χ0v) is 10.7. The van der Waals surface area contributed by atoms with E-state index in [1.807, 2.05) is 0 Å². The molecule has 0 saturated carbocycles. The van der Waals surface area contributed by atoms with Crippen LogP contribution in [-0.4, -0.2) is 5.91 Å². The molecule has 0 aliphatic heterocycles. The molecule has 2 aromatic rings. The molecule has 1 N–H and O–H groups in total. The van der Waals surface area contributed by atoms with Gasteiger partial charge in [0.1, 0.15) is 17.5 Å². The minimum absolute atomic E-state index is 0.104. The van der Waals surface area contributed by atoms with Crippen LogP contribution in [0.3, 0.4) is 0 Å². The first-order chi connectivity index (χ1) is 9.47. The van der Waals surface area contributed by atoms with Crippen molar-refractivity contribution in [2.24, 2.45) is 0 Å². The van der Waals surface area contributed by atoms with E-state index in [4.69, 9.17) is 0 Å². The number of carbonyl (C=O) groups is 1. The predicted octanol–water partition coefficient (Wildman–Crippen LogP) is 3.34. The molecule has 0 atom stereocenters. The van der Waals surface area contributed by atoms with Gasteiger partial charge in [-0.25, -0.2) is 13.2 Å². The topological polar surface area (TPSA) is 29.1 Å². The highest BCUT2D eigenvalue weighted by atomic mass is 19.1. The summed E-state index contributed by atoms with van der Waals surface area (Å²) in [6.45, 7) is 1.59. The van der Waals surface area contributed by atoms with Crippen LogP contribution in [0.5, 0.6) is 0 Å². The highest BCUT2D eigenvalue weighted by Crippen LogP contribution is 2.12. The van der Waals surface area contributed by atoms with E-state index in [9.17, 15) is 18.0 Å². The largest absolute Gasteiger partial charge is 0.348 e. The molecule has 2 nitrogen and oxygen atoms in total. The Bertz CT molecular complexity index is 656. The van der Waals surface area contributed by atoms with Crippen molar-refractivity contribution in [1.29, 1.82) is 0 Å². The normalized spacial score (nSPS) is 10.4. The maximum atomic E-state index is 13.5. The lowest BCUT2D eigenvalue weighted by Gasteiger charge is -2.08. The summed E-state index contributed by atoms with van der Waals surface area (Å²) < 4.78 is 39.6. The zero-order chi connectivity index (χ0) is 14.7. The number of benzene rings is 2. The van der Waals surface area contributed by atoms with Crippen LogP contribution in [0.2, 0.25) is 0 Å². The second-order valence-electron chi connectivity index (χ2n) is 4.40. The Morgan fingerprint density at radius 2 is 1.80 bits per heavy atom. The second kappa shape index (κ2) is 5.77. The van der Waals surface area contributed by atoms with Crippen LogP contribution >= 0.6 is 0 Å². The van der Waals surface area contributed by atoms with Crippen molar-refractivity contribution >= 4 is 5.91 Å². The smallest absolute Gasteiger partial charge is 0.254 e. The fraction of sp³-hybridized carbons (Fsp3) is 0.133. The number of carbonyl (C=O) groups excluding carboxylic acids is 1. The number of halogens is 3. The molecule has 0 aliphatic rings. The van der Waals surface area contributed by atoms with Gasteiger partial charge < -0.3 is 5.32 Å². The molecule has 20 heavy (non-hydrogen) atoms. The summed E-state index contributed by atoms with van der Waals surface area (Å²) in [6, 6.07) is 7.21. The summed E-state index contributed by atoms with van der Waals surface area (Å²) >= 11 is 0. The molecule has 0 radical (unpaired) electrons. The molecule has 0 bridgehead atoms. The SMILES string of the molecule is Cc1ccc(F)c(C(=O)NCc2ccc(F)cc2F)c1. The molecule has 0 heterocycles. The van der Waals surface area contributed by atoms with Gasteiger partial charge in [0.05, 0.1) is 5.56 Å². The van der Waals surface area contributed by atoms with Gasteiger partial charge in [-0.2, -0.15) is 0 Å². The molecule has 0 aromatic heterocycles. The Morgan fingerprint density at radius 1 is 1.05 bits per heavy atom. The van der Waals surface area contributed by atoms with Gasteiger partial charge >= 0.3 is 0 Å². The Balaban J connectivity index is 2.10. The van der Waals surface area contributed by atoms with Gasteiger partial charge in [-0.15, -0.1) is 0 Å². The van der Waals surface area contributed by atoms with Gasteiger partial charge in [0.15, 0.2) is 0 Å². The van der Waals surface area contributed by atoms with E-state index in [1.165, 1.54) is 18.2 Å². The monoisotopic (exact) mass is 279 g/mol. The minimum Gasteiger partial charge on any atom is -0.348 e. The fourth-order valence-electron chi connectivity index (χ4n) is 1.75. The van der Waals surface area contributed by atoms with Crippen LogP contribution in [0.4, 0.5) is 13.2 Å². The van der Waals surface area contributed by atoms with E-state index in [2.05, 4.69) is 5.32 Å². The lowest BCUT2D eigenvalue weighted by molar-refractivity contribution is 0.0946. The third-order valence-electron chi connectivity index (χ3n) is 2.82. The van der Waals surface area contributed by atoms with Crippen molar-refractivity contribution in [2.75, 3.05) is 0 Å². The van der Waals surface area contributed by atoms with Crippen LogP contribution in [-0.2, 0) is 6.54 Å². The lowest BCUT2D eigenvalue weighted by Crippen LogP contribution is -2.24. The summed E-state index contributed by atoms with van der Waals surface area (Å²) in [5, 5.41) is 2.40. The Hall–Kier alpha value is -2.30. The number of nitrogens with one attached hydrogen (secondary N) is 1. The predicted molar refractivity (Wildman–Crippen MR) is 68.7 cm³/mol. The molecule has 2 aromatic carbocycles. The average Bonchev–Trinajstić information content (AvgIpc) is 2.40. The van der Waals surface area contributed by atoms with Gasteiger partial charge in [0.2, 0.25) is 0 Å². The number of amides is 1. The molecular weight excluding hydrogens is 267 g/mol. The number of aryl methyl sites for hydroxylation is 1. The number of rotatable bonds is 3. The third-order valence-corrected chi connectivity index (χ3v) is 2.82. The molecule has 2 rings (SSSR count). The maximum Gasteiger partial charge on any atom is 0.254 e. The van der Waals surface area contributed by atoms with Gasteiger partial charge in [-0.1, -0.05) is 17.7 Å². The van der Waals surface area contributed by atoms with Crippen molar-refractivity contribution in [3.05, 3.63) is 70.5 Å². The number of hydrogen-bond acceptors (Lipinski definition) is 1. The summed E-state index contributed by atoms with van der Waals surface area (Å²) in [7, 11) is 0. The van der Waals surface area contributed by atoms with Crippen molar-refractivity contribution < 1.29 is 18.0 Å². The standard InChI is InChI=1S/C15H12F3NO/c1-9-2-5-13(17)12(6-9)15(20)19-8-10-3-4-11(16)7-14(10)18/h2-7H,8H2,1H3,(H,19,20). The van der Waals surface area contributed by atoms with Crippen LogP contribution in [0.1, 0.15) is 21.5 Å². The Labute approximate surface area is 114 Å². The lowest BCUT2D eigenvalue weighted by atomic mass is 10.1. The van der Waals surface area contributed by atoms with Crippen LogP contribution in [0, 0.1) is 24.4 Å². The van der Waals surface area contributed by atoms with Gasteiger partial charge in [0.25, 0.3) is 5.91 Å². The molecule has 0 fully saturated rings. The van der Waals surface area contributed by atoms with Crippen molar-refractivity contribution in [3.63, 3.8) is 0 Å². The van der Waals surface area contributed by atoms with Gasteiger partial charge in [-0.3, -0.25) is 4.79 Å². The average molecular weight is 279 g/mol. The highest BCUT2D eigenvalue weighted by Gasteiger charge is 2.12. The first-order valence-corrected chi connectivity index (χ1v) is 5.95. The van der Waals surface area contributed by atoms with Crippen molar-refractivity contribution in [2.45, 2.75) is 13.5 Å². The summed E-state index contributed by atoms with van der Waals surface area (Å²) in [5.74, 6) is -2.74. The quantitative estimate of drug-likeness (QED) is 0.917. The molecule has 1 amide bonds. The van der Waals surface area contributed by atoms with Crippen LogP contribution in [0.15, 0.2) is 36.4 Å². The first-order valence-electron chi connectivity index (χ1n) is 5.95. The van der Waals surface area contributed by atoms with Crippen molar-refractivity contribution in [3.8, 4) is 0 Å². The molecule has 0 unspecified atom stereocenters. The van der Waals surface area contributed by atoms with Gasteiger partial charge in [0, 0.05) is 18.2 Å². The summed E-state index contributed by atoms with van der Waals surface area (Å²) in [5.41, 5.74) is 0.768. The summed E-state index contributed by atoms with van der Waals surface area (Å²) in [6.07, 6.45) is 0. The fourth-order valence-corrected chi connectivity index (χ4v) is 1.75. The number of hydrogen-bond donors (Lipinski definition) is 1. The molecule has 0 saturated heterocycles. The van der Waals surface area contributed by atoms with E-state index in [-0.39, 0.29) is 17.7 Å². The van der Waals surface area contributed by atoms with E-state index in [1.54, 1.807) is 13.0 Å². The van der Waals surface area contributed by atoms with E-state index in [0.717, 1.165) is 17.7 Å². The molecule has 104 valence electrons. The molecule has 5 heteroatoms. The van der Waals surface area contributed by atoms with Gasteiger partial charge in [-0.05, 0) is 25.1 Å². The van der Waals surface area contributed by atoms with Crippen molar-refractivity contribution in [1.82, 2.24) is 5.32 Å². The highest BCUT2D eigenvalue weighted by molar-refractivity contribution is 5.94. The maximum absolute atomic E-state index is 13.5. The Morgan fingerprint density at radius 3 is 2.50 bits per heavy atom. The third kappa shape index (κ3) is 3.17. The zero-order valence-electron chi connectivity index (χ0n) is 10.7. The van der Waals surface area contributed by atoms with E-state index >= 15 is 0 Å². The second-order valence-corrected chi connectivity index (χ2v) is 4.40. The summed E-state index contributed by atoms with van der Waals surface area (Å²) in [4.78, 5) is 11.8. The van der Waals surface area contributed by atoms with E-state index < -0.39 is 23.4 Å². The van der Waals surface area contributed by atoms with E-state index in [0.29, 0.717) is 0 Å². The van der Waals surface area contributed by atoms with Crippen LogP contribution < -0.4 is 5.32 Å². The first kappa shape index (κ1) is 14.1.